The number of benzene rings is 2. The van der Waals surface area contributed by atoms with Crippen molar-refractivity contribution in [3.05, 3.63) is 89.5 Å². The first-order valence-electron chi connectivity index (χ1n) is 10.4. The Labute approximate surface area is 176 Å². The number of amides is 2. The molecule has 30 heavy (non-hydrogen) atoms. The van der Waals surface area contributed by atoms with Crippen LogP contribution in [-0.2, 0) is 13.0 Å². The number of carbonyl (C=O) groups is 2. The molecule has 1 aromatic heterocycles. The van der Waals surface area contributed by atoms with Crippen molar-refractivity contribution < 1.29 is 9.59 Å². The summed E-state index contributed by atoms with van der Waals surface area (Å²) in [6.07, 6.45) is 4.38. The van der Waals surface area contributed by atoms with Crippen molar-refractivity contribution in [1.29, 1.82) is 0 Å². The standard InChI is InChI=1S/C24H26N4O2/c29-23(25-16-20-9-5-2-6-10-20)21-22(27-17-26-21)24(30)28-13-11-19(12-14-28)15-18-7-3-1-4-8-18/h1-10,17,19H,11-16H2,(H,25,29)(H,26,27). The highest BCUT2D eigenvalue weighted by Crippen LogP contribution is 2.23. The summed E-state index contributed by atoms with van der Waals surface area (Å²) in [6, 6.07) is 20.1. The maximum Gasteiger partial charge on any atom is 0.272 e. The topological polar surface area (TPSA) is 78.1 Å². The number of likely N-dealkylation sites (tertiary alicyclic amines) is 1. The molecule has 2 heterocycles. The predicted octanol–water partition coefficient (Wildman–Crippen LogP) is 3.43. The smallest absolute Gasteiger partial charge is 0.272 e. The van der Waals surface area contributed by atoms with Crippen LogP contribution in [0.2, 0.25) is 0 Å². The molecule has 0 atom stereocenters. The van der Waals surface area contributed by atoms with Gasteiger partial charge in [0.25, 0.3) is 11.8 Å². The van der Waals surface area contributed by atoms with Crippen molar-refractivity contribution >= 4 is 11.8 Å². The molecule has 0 saturated carbocycles. The van der Waals surface area contributed by atoms with E-state index < -0.39 is 0 Å². The van der Waals surface area contributed by atoms with Crippen molar-refractivity contribution in [2.24, 2.45) is 5.92 Å². The fraction of sp³-hybridized carbons (Fsp3) is 0.292. The van der Waals surface area contributed by atoms with Gasteiger partial charge in [-0.1, -0.05) is 60.7 Å². The van der Waals surface area contributed by atoms with Crippen LogP contribution in [0.5, 0.6) is 0 Å². The number of hydrogen-bond donors (Lipinski definition) is 2. The minimum atomic E-state index is -0.345. The summed E-state index contributed by atoms with van der Waals surface area (Å²) < 4.78 is 0. The molecule has 0 aliphatic carbocycles. The number of rotatable bonds is 6. The lowest BCUT2D eigenvalue weighted by Crippen LogP contribution is -2.40. The summed E-state index contributed by atoms with van der Waals surface area (Å²) in [4.78, 5) is 34.4. The average molecular weight is 402 g/mol. The van der Waals surface area contributed by atoms with Crippen molar-refractivity contribution in [1.82, 2.24) is 20.2 Å². The molecule has 2 aromatic carbocycles. The van der Waals surface area contributed by atoms with E-state index in [4.69, 9.17) is 0 Å². The Morgan fingerprint density at radius 1 is 0.967 bits per heavy atom. The number of nitrogens with zero attached hydrogens (tertiary/aromatic N) is 2. The molecule has 0 unspecified atom stereocenters. The molecule has 154 valence electrons. The van der Waals surface area contributed by atoms with E-state index >= 15 is 0 Å². The molecular formula is C24H26N4O2. The van der Waals surface area contributed by atoms with Gasteiger partial charge in [-0.15, -0.1) is 0 Å². The Hall–Kier alpha value is -3.41. The monoisotopic (exact) mass is 402 g/mol. The fourth-order valence-corrected chi connectivity index (χ4v) is 3.94. The average Bonchev–Trinajstić information content (AvgIpc) is 3.29. The fourth-order valence-electron chi connectivity index (χ4n) is 3.94. The zero-order valence-corrected chi connectivity index (χ0v) is 16.9. The molecule has 6 nitrogen and oxygen atoms in total. The second-order valence-electron chi connectivity index (χ2n) is 7.72. The van der Waals surface area contributed by atoms with Crippen LogP contribution < -0.4 is 5.32 Å². The zero-order chi connectivity index (χ0) is 20.8. The van der Waals surface area contributed by atoms with Crippen LogP contribution >= 0.6 is 0 Å². The lowest BCUT2D eigenvalue weighted by molar-refractivity contribution is 0.0680. The third-order valence-electron chi connectivity index (χ3n) is 5.63. The Balaban J connectivity index is 1.33. The van der Waals surface area contributed by atoms with Crippen molar-refractivity contribution in [3.63, 3.8) is 0 Å². The molecule has 3 aromatic rings. The minimum Gasteiger partial charge on any atom is -0.347 e. The Morgan fingerprint density at radius 3 is 2.27 bits per heavy atom. The van der Waals surface area contributed by atoms with Crippen LogP contribution in [0, 0.1) is 5.92 Å². The van der Waals surface area contributed by atoms with Gasteiger partial charge in [0.1, 0.15) is 5.69 Å². The number of piperidine rings is 1. The van der Waals surface area contributed by atoms with E-state index in [0.29, 0.717) is 25.6 Å². The van der Waals surface area contributed by atoms with Gasteiger partial charge in [0.2, 0.25) is 0 Å². The lowest BCUT2D eigenvalue weighted by atomic mass is 9.90. The van der Waals surface area contributed by atoms with Crippen LogP contribution in [0.25, 0.3) is 0 Å². The van der Waals surface area contributed by atoms with Crippen LogP contribution in [0.15, 0.2) is 67.0 Å². The second kappa shape index (κ2) is 9.39. The second-order valence-corrected chi connectivity index (χ2v) is 7.72. The van der Waals surface area contributed by atoms with E-state index in [1.165, 1.54) is 11.9 Å². The Bertz CT molecular complexity index is 977. The Kier molecular flexibility index (Phi) is 6.23. The SMILES string of the molecule is O=C(NCc1ccccc1)c1nc[nH]c1C(=O)N1CCC(Cc2ccccc2)CC1. The summed E-state index contributed by atoms with van der Waals surface area (Å²) in [5, 5.41) is 2.84. The van der Waals surface area contributed by atoms with Crippen molar-refractivity contribution in [2.45, 2.75) is 25.8 Å². The molecule has 6 heteroatoms. The van der Waals surface area contributed by atoms with E-state index in [-0.39, 0.29) is 23.2 Å². The van der Waals surface area contributed by atoms with Crippen LogP contribution in [0.3, 0.4) is 0 Å². The molecule has 4 rings (SSSR count). The van der Waals surface area contributed by atoms with Gasteiger partial charge < -0.3 is 15.2 Å². The first-order chi connectivity index (χ1) is 14.7. The van der Waals surface area contributed by atoms with Crippen LogP contribution in [-0.4, -0.2) is 39.8 Å². The summed E-state index contributed by atoms with van der Waals surface area (Å²) in [7, 11) is 0. The largest absolute Gasteiger partial charge is 0.347 e. The van der Waals surface area contributed by atoms with E-state index in [1.54, 1.807) is 0 Å². The molecule has 1 aliphatic rings. The number of aromatic amines is 1. The summed E-state index contributed by atoms with van der Waals surface area (Å²) in [6.45, 7) is 1.78. The maximum absolute atomic E-state index is 13.0. The van der Waals surface area contributed by atoms with Crippen LogP contribution in [0.1, 0.15) is 44.9 Å². The molecular weight excluding hydrogens is 376 g/mol. The number of aromatic nitrogens is 2. The molecule has 0 spiro atoms. The number of hydrogen-bond acceptors (Lipinski definition) is 3. The van der Waals surface area contributed by atoms with E-state index in [0.717, 1.165) is 24.8 Å². The predicted molar refractivity (Wildman–Crippen MR) is 115 cm³/mol. The Morgan fingerprint density at radius 2 is 1.60 bits per heavy atom. The van der Waals surface area contributed by atoms with Gasteiger partial charge in [-0.2, -0.15) is 0 Å². The first-order valence-corrected chi connectivity index (χ1v) is 10.4. The third-order valence-corrected chi connectivity index (χ3v) is 5.63. The van der Waals surface area contributed by atoms with E-state index in [2.05, 4.69) is 39.6 Å². The van der Waals surface area contributed by atoms with Crippen molar-refractivity contribution in [2.75, 3.05) is 13.1 Å². The maximum atomic E-state index is 13.0. The molecule has 2 amide bonds. The van der Waals surface area contributed by atoms with E-state index in [1.807, 2.05) is 41.3 Å². The quantitative estimate of drug-likeness (QED) is 0.663. The van der Waals surface area contributed by atoms with Gasteiger partial charge in [-0.05, 0) is 36.3 Å². The molecule has 1 fully saturated rings. The molecule has 0 radical (unpaired) electrons. The van der Waals surface area contributed by atoms with Gasteiger partial charge >= 0.3 is 0 Å². The summed E-state index contributed by atoms with van der Waals surface area (Å²) >= 11 is 0. The van der Waals surface area contributed by atoms with Gasteiger partial charge in [-0.3, -0.25) is 9.59 Å². The highest BCUT2D eigenvalue weighted by molar-refractivity contribution is 6.04. The van der Waals surface area contributed by atoms with Crippen LogP contribution in [0.4, 0.5) is 0 Å². The highest BCUT2D eigenvalue weighted by Gasteiger charge is 2.28. The normalized spacial score (nSPS) is 14.5. The number of nitrogens with one attached hydrogen (secondary N) is 2. The number of carbonyl (C=O) groups excluding carboxylic acids is 2. The summed E-state index contributed by atoms with van der Waals surface area (Å²) in [5.74, 6) is 0.0739. The minimum absolute atomic E-state index is 0.155. The molecule has 0 bridgehead atoms. The van der Waals surface area contributed by atoms with Gasteiger partial charge in [0, 0.05) is 19.6 Å². The summed E-state index contributed by atoms with van der Waals surface area (Å²) in [5.41, 5.74) is 2.76. The van der Waals surface area contributed by atoms with Gasteiger partial charge in [0.05, 0.1) is 6.33 Å². The molecule has 1 saturated heterocycles. The van der Waals surface area contributed by atoms with Crippen molar-refractivity contribution in [3.8, 4) is 0 Å². The molecule has 2 N–H and O–H groups in total. The third kappa shape index (κ3) is 4.76. The molecule has 1 aliphatic heterocycles. The van der Waals surface area contributed by atoms with E-state index in [9.17, 15) is 9.59 Å². The zero-order valence-electron chi connectivity index (χ0n) is 16.9. The first kappa shape index (κ1) is 19.9. The number of imidazole rings is 1. The lowest BCUT2D eigenvalue weighted by Gasteiger charge is -2.32. The number of H-pyrrole nitrogens is 1. The van der Waals surface area contributed by atoms with Gasteiger partial charge in [-0.25, -0.2) is 4.98 Å². The highest BCUT2D eigenvalue weighted by atomic mass is 16.2. The van der Waals surface area contributed by atoms with Gasteiger partial charge in [0.15, 0.2) is 5.69 Å².